The molecule has 0 amide bonds. The normalized spacial score (nSPS) is 11.9. The first-order valence-electron chi connectivity index (χ1n) is 9.49. The average molecular weight is 450 g/mol. The summed E-state index contributed by atoms with van der Waals surface area (Å²) >= 11 is 5.22. The van der Waals surface area contributed by atoms with Crippen molar-refractivity contribution in [3.8, 4) is 0 Å². The lowest BCUT2D eigenvalue weighted by molar-refractivity contribution is -0.137. The molecule has 1 heterocycles. The van der Waals surface area contributed by atoms with Gasteiger partial charge in [-0.15, -0.1) is 0 Å². The van der Waals surface area contributed by atoms with Crippen LogP contribution in [0.4, 0.5) is 24.7 Å². The van der Waals surface area contributed by atoms with Gasteiger partial charge in [-0.2, -0.15) is 18.3 Å². The number of H-pyrrole nitrogens is 1. The number of aromatic nitrogens is 2. The second-order valence-electron chi connectivity index (χ2n) is 7.85. The maximum Gasteiger partial charge on any atom is 0.416 e. The molecule has 31 heavy (non-hydrogen) atoms. The summed E-state index contributed by atoms with van der Waals surface area (Å²) in [7, 11) is 0. The van der Waals surface area contributed by atoms with Gasteiger partial charge in [0.25, 0.3) is 5.56 Å². The van der Waals surface area contributed by atoms with Gasteiger partial charge in [0.05, 0.1) is 10.9 Å². The summed E-state index contributed by atoms with van der Waals surface area (Å²) in [6.45, 7) is 4.95. The van der Waals surface area contributed by atoms with E-state index in [0.29, 0.717) is 24.3 Å². The van der Waals surface area contributed by atoms with Crippen molar-refractivity contribution in [1.82, 2.24) is 15.5 Å². The summed E-state index contributed by atoms with van der Waals surface area (Å²) in [5.74, 6) is 0.563. The Balaban J connectivity index is 1.58. The molecule has 2 aromatic carbocycles. The number of thiocarbonyl (C=S) groups is 1. The molecule has 1 aromatic heterocycles. The zero-order valence-electron chi connectivity index (χ0n) is 16.9. The number of rotatable bonds is 6. The van der Waals surface area contributed by atoms with Gasteiger partial charge in [0.15, 0.2) is 10.9 Å². The first-order valence-corrected chi connectivity index (χ1v) is 9.89. The topological polar surface area (TPSA) is 81.8 Å². The standard InChI is InChI=1S/C21H22F3N5OS/c1-20(2,11-25-17-15-8-3-4-9-16(15)18(30)29-28-17)12-26-19(31)27-14-7-5-6-13(10-14)21(22,23)24/h3-10H,11-12H2,1-2H3,(H,25,28)(H,29,30)(H2,26,27,31). The lowest BCUT2D eigenvalue weighted by atomic mass is 9.93. The van der Waals surface area contributed by atoms with Crippen LogP contribution >= 0.6 is 12.2 Å². The van der Waals surface area contributed by atoms with Crippen molar-refractivity contribution in [3.63, 3.8) is 0 Å². The number of hydrogen-bond donors (Lipinski definition) is 4. The molecule has 0 fully saturated rings. The van der Waals surface area contributed by atoms with E-state index >= 15 is 0 Å². The number of nitrogens with one attached hydrogen (secondary N) is 4. The Hall–Kier alpha value is -3.14. The van der Waals surface area contributed by atoms with Crippen LogP contribution in [0.1, 0.15) is 19.4 Å². The lowest BCUT2D eigenvalue weighted by Crippen LogP contribution is -2.40. The molecule has 10 heteroatoms. The van der Waals surface area contributed by atoms with E-state index in [9.17, 15) is 18.0 Å². The van der Waals surface area contributed by atoms with E-state index in [1.807, 2.05) is 26.0 Å². The van der Waals surface area contributed by atoms with Crippen LogP contribution in [0.25, 0.3) is 10.8 Å². The van der Waals surface area contributed by atoms with E-state index < -0.39 is 11.7 Å². The van der Waals surface area contributed by atoms with Crippen LogP contribution in [0.3, 0.4) is 0 Å². The van der Waals surface area contributed by atoms with Crippen molar-refractivity contribution < 1.29 is 13.2 Å². The SMILES string of the molecule is CC(C)(CNC(=S)Nc1cccc(C(F)(F)F)c1)CNc1n[nH]c(=O)c2ccccc12. The minimum Gasteiger partial charge on any atom is -0.368 e. The Bertz CT molecular complexity index is 1140. The number of benzene rings is 2. The highest BCUT2D eigenvalue weighted by Gasteiger charge is 2.30. The molecule has 0 unspecified atom stereocenters. The fourth-order valence-electron chi connectivity index (χ4n) is 2.90. The van der Waals surface area contributed by atoms with Gasteiger partial charge >= 0.3 is 6.18 Å². The summed E-state index contributed by atoms with van der Waals surface area (Å²) in [4.78, 5) is 11.9. The fraction of sp³-hybridized carbons (Fsp3) is 0.286. The molecule has 3 rings (SSSR count). The molecule has 4 N–H and O–H groups in total. The van der Waals surface area contributed by atoms with Crippen molar-refractivity contribution >= 4 is 39.6 Å². The zero-order chi connectivity index (χ0) is 22.6. The van der Waals surface area contributed by atoms with E-state index in [1.54, 1.807) is 12.1 Å². The number of nitrogens with zero attached hydrogens (tertiary/aromatic N) is 1. The molecule has 0 aliphatic rings. The van der Waals surface area contributed by atoms with Crippen molar-refractivity contribution in [3.05, 3.63) is 64.4 Å². The second-order valence-corrected chi connectivity index (χ2v) is 8.26. The monoisotopic (exact) mass is 449 g/mol. The molecule has 0 radical (unpaired) electrons. The van der Waals surface area contributed by atoms with Gasteiger partial charge in [0, 0.05) is 24.2 Å². The van der Waals surface area contributed by atoms with Crippen LogP contribution in [-0.4, -0.2) is 28.4 Å². The molecule has 0 aliphatic heterocycles. The van der Waals surface area contributed by atoms with Crippen LogP contribution < -0.4 is 21.5 Å². The second kappa shape index (κ2) is 8.93. The molecular formula is C21H22F3N5OS. The molecule has 3 aromatic rings. The van der Waals surface area contributed by atoms with Gasteiger partial charge < -0.3 is 16.0 Å². The molecule has 0 saturated carbocycles. The smallest absolute Gasteiger partial charge is 0.368 e. The zero-order valence-corrected chi connectivity index (χ0v) is 17.7. The highest BCUT2D eigenvalue weighted by atomic mass is 32.1. The maximum absolute atomic E-state index is 12.8. The predicted molar refractivity (Wildman–Crippen MR) is 120 cm³/mol. The maximum atomic E-state index is 12.8. The number of alkyl halides is 3. The number of fused-ring (bicyclic) bond motifs is 1. The predicted octanol–water partition coefficient (Wildman–Crippen LogP) is 4.37. The van der Waals surface area contributed by atoms with Crippen LogP contribution in [-0.2, 0) is 6.18 Å². The quantitative estimate of drug-likeness (QED) is 0.419. The first kappa shape index (κ1) is 22.5. The molecule has 0 spiro atoms. The summed E-state index contributed by atoms with van der Waals surface area (Å²) in [6, 6.07) is 12.0. The fourth-order valence-corrected chi connectivity index (χ4v) is 3.09. The Morgan fingerprint density at radius 3 is 2.48 bits per heavy atom. The van der Waals surface area contributed by atoms with Gasteiger partial charge in [0.1, 0.15) is 0 Å². The molecule has 6 nitrogen and oxygen atoms in total. The first-order chi connectivity index (χ1) is 14.5. The van der Waals surface area contributed by atoms with Gasteiger partial charge in [0.2, 0.25) is 0 Å². The van der Waals surface area contributed by atoms with E-state index in [1.165, 1.54) is 12.1 Å². The number of hydrogen-bond acceptors (Lipinski definition) is 4. The van der Waals surface area contributed by atoms with E-state index in [2.05, 4.69) is 26.1 Å². The minimum absolute atomic E-state index is 0.222. The summed E-state index contributed by atoms with van der Waals surface area (Å²) in [6.07, 6.45) is -4.42. The Morgan fingerprint density at radius 1 is 1.06 bits per heavy atom. The third-order valence-electron chi connectivity index (χ3n) is 4.61. The van der Waals surface area contributed by atoms with Crippen molar-refractivity contribution in [2.24, 2.45) is 5.41 Å². The Morgan fingerprint density at radius 2 is 1.77 bits per heavy atom. The van der Waals surface area contributed by atoms with Crippen molar-refractivity contribution in [1.29, 1.82) is 0 Å². The number of aromatic amines is 1. The highest BCUT2D eigenvalue weighted by molar-refractivity contribution is 7.80. The summed E-state index contributed by atoms with van der Waals surface area (Å²) in [5.41, 5.74) is -1.04. The molecular weight excluding hydrogens is 427 g/mol. The van der Waals surface area contributed by atoms with Gasteiger partial charge in [-0.3, -0.25) is 4.79 Å². The van der Waals surface area contributed by atoms with Crippen LogP contribution in [0.15, 0.2) is 53.3 Å². The van der Waals surface area contributed by atoms with E-state index in [4.69, 9.17) is 12.2 Å². The van der Waals surface area contributed by atoms with Gasteiger partial charge in [-0.05, 0) is 41.9 Å². The van der Waals surface area contributed by atoms with E-state index in [-0.39, 0.29) is 21.8 Å². The van der Waals surface area contributed by atoms with Gasteiger partial charge in [-0.25, -0.2) is 5.10 Å². The Kier molecular flexibility index (Phi) is 6.49. The molecule has 164 valence electrons. The molecule has 0 bridgehead atoms. The van der Waals surface area contributed by atoms with Gasteiger partial charge in [-0.1, -0.05) is 38.1 Å². The van der Waals surface area contributed by atoms with Crippen LogP contribution in [0.5, 0.6) is 0 Å². The third kappa shape index (κ3) is 5.94. The third-order valence-corrected chi connectivity index (χ3v) is 4.85. The van der Waals surface area contributed by atoms with Crippen molar-refractivity contribution in [2.45, 2.75) is 20.0 Å². The number of halogens is 3. The molecule has 0 aliphatic carbocycles. The number of anilines is 2. The average Bonchev–Trinajstić information content (AvgIpc) is 2.72. The van der Waals surface area contributed by atoms with Crippen molar-refractivity contribution in [2.75, 3.05) is 23.7 Å². The summed E-state index contributed by atoms with van der Waals surface area (Å²) in [5, 5.41) is 17.1. The lowest BCUT2D eigenvalue weighted by Gasteiger charge is -2.26. The van der Waals surface area contributed by atoms with E-state index in [0.717, 1.165) is 17.5 Å². The summed E-state index contributed by atoms with van der Waals surface area (Å²) < 4.78 is 38.5. The highest BCUT2D eigenvalue weighted by Crippen LogP contribution is 2.30. The largest absolute Gasteiger partial charge is 0.416 e. The Labute approximate surface area is 182 Å². The molecule has 0 saturated heterocycles. The van der Waals surface area contributed by atoms with Crippen LogP contribution in [0, 0.1) is 5.41 Å². The molecule has 0 atom stereocenters. The van der Waals surface area contributed by atoms with Crippen LogP contribution in [0.2, 0.25) is 0 Å². The minimum atomic E-state index is -4.42.